The number of hydrogen-bond donors (Lipinski definition) is 1. The van der Waals surface area contributed by atoms with Gasteiger partial charge in [-0.15, -0.1) is 0 Å². The molecule has 0 bridgehead atoms. The molecule has 0 radical (unpaired) electrons. The van der Waals surface area contributed by atoms with Gasteiger partial charge in [0, 0.05) is 19.1 Å². The number of rotatable bonds is 5. The zero-order valence-corrected chi connectivity index (χ0v) is 11.5. The van der Waals surface area contributed by atoms with Crippen molar-refractivity contribution in [3.63, 3.8) is 0 Å². The summed E-state index contributed by atoms with van der Waals surface area (Å²) in [7, 11) is 2.16. The van der Waals surface area contributed by atoms with Gasteiger partial charge in [-0.1, -0.05) is 6.92 Å². The van der Waals surface area contributed by atoms with Crippen molar-refractivity contribution in [1.29, 1.82) is 0 Å². The second kappa shape index (κ2) is 4.58. The SMILES string of the molecule is CCC1(C)NC(C)N(CCN(C)C2CC2)C1=O. The second-order valence-corrected chi connectivity index (χ2v) is 5.72. The lowest BCUT2D eigenvalue weighted by atomic mass is 9.99. The minimum absolute atomic E-state index is 0.167. The van der Waals surface area contributed by atoms with E-state index in [1.165, 1.54) is 12.8 Å². The second-order valence-electron chi connectivity index (χ2n) is 5.72. The van der Waals surface area contributed by atoms with Crippen LogP contribution in [0.2, 0.25) is 0 Å². The lowest BCUT2D eigenvalue weighted by Gasteiger charge is -2.25. The summed E-state index contributed by atoms with van der Waals surface area (Å²) in [6, 6.07) is 0.772. The highest BCUT2D eigenvalue weighted by molar-refractivity contribution is 5.88. The first-order valence-corrected chi connectivity index (χ1v) is 6.77. The largest absolute Gasteiger partial charge is 0.325 e. The molecule has 1 saturated carbocycles. The van der Waals surface area contributed by atoms with Crippen LogP contribution in [0.15, 0.2) is 0 Å². The summed E-state index contributed by atoms with van der Waals surface area (Å²) in [6.45, 7) is 7.99. The first kappa shape index (κ1) is 12.8. The molecule has 0 spiro atoms. The Bertz CT molecular complexity index is 303. The molecule has 0 aromatic carbocycles. The predicted molar refractivity (Wildman–Crippen MR) is 68.7 cm³/mol. The lowest BCUT2D eigenvalue weighted by Crippen LogP contribution is -2.43. The van der Waals surface area contributed by atoms with Gasteiger partial charge in [-0.2, -0.15) is 0 Å². The van der Waals surface area contributed by atoms with Crippen molar-refractivity contribution in [3.05, 3.63) is 0 Å². The molecule has 1 aliphatic carbocycles. The highest BCUT2D eigenvalue weighted by Crippen LogP contribution is 2.26. The summed E-state index contributed by atoms with van der Waals surface area (Å²) in [5.74, 6) is 0.261. The Morgan fingerprint density at radius 2 is 2.18 bits per heavy atom. The summed E-state index contributed by atoms with van der Waals surface area (Å²) in [4.78, 5) is 16.7. The van der Waals surface area contributed by atoms with Gasteiger partial charge < -0.3 is 9.80 Å². The molecule has 4 heteroatoms. The average molecular weight is 239 g/mol. The van der Waals surface area contributed by atoms with Crippen LogP contribution < -0.4 is 5.32 Å². The van der Waals surface area contributed by atoms with Gasteiger partial charge in [-0.25, -0.2) is 0 Å². The van der Waals surface area contributed by atoms with Crippen LogP contribution in [-0.4, -0.2) is 53.6 Å². The number of carbonyl (C=O) groups is 1. The maximum Gasteiger partial charge on any atom is 0.243 e. The number of nitrogens with one attached hydrogen (secondary N) is 1. The van der Waals surface area contributed by atoms with E-state index in [0.717, 1.165) is 25.6 Å². The van der Waals surface area contributed by atoms with Crippen LogP contribution in [0.4, 0.5) is 0 Å². The molecule has 2 fully saturated rings. The molecular weight excluding hydrogens is 214 g/mol. The first-order valence-electron chi connectivity index (χ1n) is 6.77. The molecule has 1 heterocycles. The number of carbonyl (C=O) groups excluding carboxylic acids is 1. The molecule has 2 atom stereocenters. The van der Waals surface area contributed by atoms with E-state index in [-0.39, 0.29) is 17.6 Å². The Balaban J connectivity index is 1.89. The smallest absolute Gasteiger partial charge is 0.243 e. The Morgan fingerprint density at radius 3 is 2.65 bits per heavy atom. The van der Waals surface area contributed by atoms with E-state index in [9.17, 15) is 4.79 Å². The minimum atomic E-state index is -0.350. The van der Waals surface area contributed by atoms with Gasteiger partial charge in [-0.3, -0.25) is 10.1 Å². The molecule has 2 unspecified atom stereocenters. The van der Waals surface area contributed by atoms with Crippen molar-refractivity contribution in [2.24, 2.45) is 0 Å². The van der Waals surface area contributed by atoms with Gasteiger partial charge in [0.1, 0.15) is 0 Å². The summed E-state index contributed by atoms with van der Waals surface area (Å²) >= 11 is 0. The fourth-order valence-corrected chi connectivity index (χ4v) is 2.61. The molecule has 17 heavy (non-hydrogen) atoms. The third-order valence-electron chi connectivity index (χ3n) is 4.30. The topological polar surface area (TPSA) is 35.6 Å². The molecule has 1 N–H and O–H groups in total. The Labute approximate surface area is 104 Å². The van der Waals surface area contributed by atoms with Crippen molar-refractivity contribution in [2.45, 2.75) is 57.8 Å². The van der Waals surface area contributed by atoms with Crippen LogP contribution in [0, 0.1) is 0 Å². The molecule has 2 aliphatic rings. The van der Waals surface area contributed by atoms with Gasteiger partial charge >= 0.3 is 0 Å². The molecule has 1 aliphatic heterocycles. The van der Waals surface area contributed by atoms with Crippen LogP contribution >= 0.6 is 0 Å². The summed E-state index contributed by atoms with van der Waals surface area (Å²) < 4.78 is 0. The summed E-state index contributed by atoms with van der Waals surface area (Å²) in [5.41, 5.74) is -0.350. The zero-order valence-electron chi connectivity index (χ0n) is 11.5. The molecular formula is C13H25N3O. The van der Waals surface area contributed by atoms with Gasteiger partial charge in [0.15, 0.2) is 0 Å². The van der Waals surface area contributed by atoms with Crippen LogP contribution in [0.3, 0.4) is 0 Å². The van der Waals surface area contributed by atoms with Gasteiger partial charge in [0.05, 0.1) is 11.7 Å². The lowest BCUT2D eigenvalue weighted by molar-refractivity contribution is -0.133. The van der Waals surface area contributed by atoms with Crippen LogP contribution in [0.25, 0.3) is 0 Å². The van der Waals surface area contributed by atoms with E-state index in [2.05, 4.69) is 31.1 Å². The van der Waals surface area contributed by atoms with Gasteiger partial charge in [-0.05, 0) is 40.2 Å². The third-order valence-corrected chi connectivity index (χ3v) is 4.30. The van der Waals surface area contributed by atoms with Crippen molar-refractivity contribution in [3.8, 4) is 0 Å². The Hall–Kier alpha value is -0.610. The fourth-order valence-electron chi connectivity index (χ4n) is 2.61. The van der Waals surface area contributed by atoms with E-state index in [1.807, 2.05) is 11.8 Å². The number of nitrogens with zero attached hydrogens (tertiary/aromatic N) is 2. The first-order chi connectivity index (χ1) is 7.98. The number of likely N-dealkylation sites (N-methyl/N-ethyl adjacent to an activating group) is 1. The van der Waals surface area contributed by atoms with Crippen LogP contribution in [0.5, 0.6) is 0 Å². The molecule has 2 rings (SSSR count). The maximum atomic E-state index is 12.3. The monoisotopic (exact) mass is 239 g/mol. The average Bonchev–Trinajstić information content (AvgIpc) is 3.09. The number of amides is 1. The number of hydrogen-bond acceptors (Lipinski definition) is 3. The molecule has 0 aromatic rings. The zero-order chi connectivity index (χ0) is 12.6. The molecule has 1 amide bonds. The van der Waals surface area contributed by atoms with Gasteiger partial charge in [0.25, 0.3) is 0 Å². The van der Waals surface area contributed by atoms with Crippen LogP contribution in [-0.2, 0) is 4.79 Å². The van der Waals surface area contributed by atoms with Crippen molar-refractivity contribution in [2.75, 3.05) is 20.1 Å². The maximum absolute atomic E-state index is 12.3. The molecule has 98 valence electrons. The molecule has 0 aromatic heterocycles. The highest BCUT2D eigenvalue weighted by Gasteiger charge is 2.44. The van der Waals surface area contributed by atoms with E-state index < -0.39 is 0 Å². The minimum Gasteiger partial charge on any atom is -0.325 e. The van der Waals surface area contributed by atoms with E-state index in [1.54, 1.807) is 0 Å². The third kappa shape index (κ3) is 2.47. The fraction of sp³-hybridized carbons (Fsp3) is 0.923. The Morgan fingerprint density at radius 1 is 1.53 bits per heavy atom. The van der Waals surface area contributed by atoms with Crippen molar-refractivity contribution >= 4 is 5.91 Å². The standard InChI is InChI=1S/C13H25N3O/c1-5-13(3)12(17)16(10(2)14-13)9-8-15(4)11-6-7-11/h10-11,14H,5-9H2,1-4H3. The van der Waals surface area contributed by atoms with E-state index in [0.29, 0.717) is 0 Å². The van der Waals surface area contributed by atoms with E-state index in [4.69, 9.17) is 0 Å². The van der Waals surface area contributed by atoms with Crippen LogP contribution in [0.1, 0.15) is 40.0 Å². The van der Waals surface area contributed by atoms with Crippen molar-refractivity contribution < 1.29 is 4.79 Å². The highest BCUT2D eigenvalue weighted by atomic mass is 16.2. The quantitative estimate of drug-likeness (QED) is 0.778. The summed E-state index contributed by atoms with van der Waals surface area (Å²) in [5, 5.41) is 3.41. The normalized spacial score (nSPS) is 33.8. The van der Waals surface area contributed by atoms with E-state index >= 15 is 0 Å². The molecule has 4 nitrogen and oxygen atoms in total. The summed E-state index contributed by atoms with van der Waals surface area (Å²) in [6.07, 6.45) is 3.67. The van der Waals surface area contributed by atoms with Gasteiger partial charge in [0.2, 0.25) is 5.91 Å². The Kier molecular flexibility index (Phi) is 3.46. The molecule has 1 saturated heterocycles. The van der Waals surface area contributed by atoms with Crippen molar-refractivity contribution in [1.82, 2.24) is 15.1 Å². The predicted octanol–water partition coefficient (Wildman–Crippen LogP) is 1.03.